The summed E-state index contributed by atoms with van der Waals surface area (Å²) in [7, 11) is 0. The largest absolute Gasteiger partial charge is 0.342 e. The van der Waals surface area contributed by atoms with Crippen LogP contribution in [0.5, 0.6) is 0 Å². The molecule has 1 N–H and O–H groups in total. The first kappa shape index (κ1) is 20.0. The SMILES string of the molecule is O=C(Nc1ccc(F)cc1F)[C@H]1CCCN(C(=O)Cc2cccc3ccccc23)C1. The lowest BCUT2D eigenvalue weighted by atomic mass is 9.95. The van der Waals surface area contributed by atoms with Crippen LogP contribution in [0.25, 0.3) is 10.8 Å². The van der Waals surface area contributed by atoms with Gasteiger partial charge in [0.25, 0.3) is 0 Å². The van der Waals surface area contributed by atoms with Crippen molar-refractivity contribution in [3.05, 3.63) is 77.9 Å². The number of amides is 2. The van der Waals surface area contributed by atoms with Crippen LogP contribution in [0.3, 0.4) is 0 Å². The van der Waals surface area contributed by atoms with E-state index in [2.05, 4.69) is 5.32 Å². The van der Waals surface area contributed by atoms with Crippen molar-refractivity contribution in [1.29, 1.82) is 0 Å². The summed E-state index contributed by atoms with van der Waals surface area (Å²) in [5.41, 5.74) is 0.902. The van der Waals surface area contributed by atoms with E-state index in [4.69, 9.17) is 0 Å². The molecule has 6 heteroatoms. The first-order chi connectivity index (χ1) is 14.5. The number of halogens is 2. The number of carbonyl (C=O) groups is 2. The summed E-state index contributed by atoms with van der Waals surface area (Å²) in [5.74, 6) is -2.34. The maximum Gasteiger partial charge on any atom is 0.229 e. The Balaban J connectivity index is 1.43. The molecule has 0 radical (unpaired) electrons. The van der Waals surface area contributed by atoms with Crippen LogP contribution >= 0.6 is 0 Å². The van der Waals surface area contributed by atoms with Crippen molar-refractivity contribution in [2.45, 2.75) is 19.3 Å². The van der Waals surface area contributed by atoms with Crippen LogP contribution < -0.4 is 5.32 Å². The van der Waals surface area contributed by atoms with Crippen LogP contribution in [-0.2, 0) is 16.0 Å². The summed E-state index contributed by atoms with van der Waals surface area (Å²) in [4.78, 5) is 27.2. The molecule has 1 heterocycles. The van der Waals surface area contributed by atoms with Gasteiger partial charge in [-0.05, 0) is 41.3 Å². The molecule has 4 nitrogen and oxygen atoms in total. The number of hydrogen-bond donors (Lipinski definition) is 1. The number of benzene rings is 3. The van der Waals surface area contributed by atoms with E-state index in [1.807, 2.05) is 42.5 Å². The fraction of sp³-hybridized carbons (Fsp3) is 0.250. The lowest BCUT2D eigenvalue weighted by molar-refractivity contribution is -0.133. The number of anilines is 1. The van der Waals surface area contributed by atoms with Crippen molar-refractivity contribution in [3.8, 4) is 0 Å². The predicted octanol–water partition coefficient (Wildman–Crippen LogP) is 4.54. The van der Waals surface area contributed by atoms with Gasteiger partial charge in [0.1, 0.15) is 11.6 Å². The average molecular weight is 408 g/mol. The van der Waals surface area contributed by atoms with E-state index in [0.29, 0.717) is 19.4 Å². The zero-order valence-electron chi connectivity index (χ0n) is 16.4. The number of nitrogens with one attached hydrogen (secondary N) is 1. The first-order valence-electron chi connectivity index (χ1n) is 10.0. The van der Waals surface area contributed by atoms with Gasteiger partial charge in [-0.25, -0.2) is 8.78 Å². The Morgan fingerprint density at radius 3 is 2.67 bits per heavy atom. The molecule has 30 heavy (non-hydrogen) atoms. The maximum atomic E-state index is 13.8. The van der Waals surface area contributed by atoms with Gasteiger partial charge in [0.2, 0.25) is 11.8 Å². The van der Waals surface area contributed by atoms with E-state index in [9.17, 15) is 18.4 Å². The zero-order chi connectivity index (χ0) is 21.1. The second-order valence-corrected chi connectivity index (χ2v) is 7.61. The molecule has 0 unspecified atom stereocenters. The van der Waals surface area contributed by atoms with Crippen molar-refractivity contribution < 1.29 is 18.4 Å². The van der Waals surface area contributed by atoms with Crippen LogP contribution in [0.4, 0.5) is 14.5 Å². The van der Waals surface area contributed by atoms with Crippen LogP contribution in [-0.4, -0.2) is 29.8 Å². The van der Waals surface area contributed by atoms with E-state index in [-0.39, 0.29) is 30.5 Å². The average Bonchev–Trinajstić information content (AvgIpc) is 2.76. The quantitative estimate of drug-likeness (QED) is 0.689. The Hall–Kier alpha value is -3.28. The third kappa shape index (κ3) is 4.32. The van der Waals surface area contributed by atoms with Crippen LogP contribution in [0, 0.1) is 17.6 Å². The summed E-state index contributed by atoms with van der Waals surface area (Å²) in [5, 5.41) is 4.65. The molecule has 0 bridgehead atoms. The number of nitrogens with zero attached hydrogens (tertiary/aromatic N) is 1. The molecule has 4 rings (SSSR count). The van der Waals surface area contributed by atoms with Gasteiger partial charge in [0.15, 0.2) is 0 Å². The number of piperidine rings is 1. The summed E-state index contributed by atoms with van der Waals surface area (Å²) in [6.07, 6.45) is 1.58. The van der Waals surface area contributed by atoms with Crippen molar-refractivity contribution in [2.24, 2.45) is 5.92 Å². The minimum atomic E-state index is -0.817. The van der Waals surface area contributed by atoms with Gasteiger partial charge < -0.3 is 10.2 Å². The summed E-state index contributed by atoms with van der Waals surface area (Å²) in [6, 6.07) is 16.9. The van der Waals surface area contributed by atoms with E-state index >= 15 is 0 Å². The van der Waals surface area contributed by atoms with Gasteiger partial charge in [0.05, 0.1) is 18.0 Å². The van der Waals surface area contributed by atoms with Crippen LogP contribution in [0.2, 0.25) is 0 Å². The Labute approximate surface area is 173 Å². The predicted molar refractivity (Wildman–Crippen MR) is 112 cm³/mol. The molecule has 1 atom stereocenters. The number of rotatable bonds is 4. The van der Waals surface area contributed by atoms with Crippen LogP contribution in [0.1, 0.15) is 18.4 Å². The minimum Gasteiger partial charge on any atom is -0.342 e. The second kappa shape index (κ2) is 8.61. The molecule has 0 spiro atoms. The highest BCUT2D eigenvalue weighted by molar-refractivity contribution is 5.94. The van der Waals surface area contributed by atoms with Crippen molar-refractivity contribution in [2.75, 3.05) is 18.4 Å². The Morgan fingerprint density at radius 2 is 1.83 bits per heavy atom. The normalized spacial score (nSPS) is 16.5. The first-order valence-corrected chi connectivity index (χ1v) is 10.0. The number of fused-ring (bicyclic) bond motifs is 1. The molecule has 0 aromatic heterocycles. The van der Waals surface area contributed by atoms with E-state index in [1.165, 1.54) is 6.07 Å². The molecular weight excluding hydrogens is 386 g/mol. The van der Waals surface area contributed by atoms with Gasteiger partial charge in [-0.3, -0.25) is 9.59 Å². The molecule has 0 aliphatic carbocycles. The van der Waals surface area contributed by atoms with Gasteiger partial charge in [-0.15, -0.1) is 0 Å². The topological polar surface area (TPSA) is 49.4 Å². The minimum absolute atomic E-state index is 0.0307. The van der Waals surface area contributed by atoms with Crippen LogP contribution in [0.15, 0.2) is 60.7 Å². The fourth-order valence-corrected chi connectivity index (χ4v) is 3.96. The molecule has 1 saturated heterocycles. The zero-order valence-corrected chi connectivity index (χ0v) is 16.4. The highest BCUT2D eigenvalue weighted by atomic mass is 19.1. The molecule has 154 valence electrons. The molecule has 0 saturated carbocycles. The van der Waals surface area contributed by atoms with Gasteiger partial charge in [-0.2, -0.15) is 0 Å². The third-order valence-corrected chi connectivity index (χ3v) is 5.56. The summed E-state index contributed by atoms with van der Waals surface area (Å²) in [6.45, 7) is 0.885. The smallest absolute Gasteiger partial charge is 0.229 e. The van der Waals surface area contributed by atoms with E-state index in [0.717, 1.165) is 28.5 Å². The molecule has 1 aliphatic rings. The van der Waals surface area contributed by atoms with Gasteiger partial charge >= 0.3 is 0 Å². The molecule has 2 amide bonds. The molecule has 1 fully saturated rings. The Morgan fingerprint density at radius 1 is 1.03 bits per heavy atom. The van der Waals surface area contributed by atoms with Gasteiger partial charge in [0, 0.05) is 19.2 Å². The summed E-state index contributed by atoms with van der Waals surface area (Å²) < 4.78 is 26.9. The highest BCUT2D eigenvalue weighted by Crippen LogP contribution is 2.23. The summed E-state index contributed by atoms with van der Waals surface area (Å²) >= 11 is 0. The molecule has 3 aromatic carbocycles. The Bertz CT molecular complexity index is 1090. The Kier molecular flexibility index (Phi) is 5.74. The maximum absolute atomic E-state index is 13.8. The second-order valence-electron chi connectivity index (χ2n) is 7.61. The lowest BCUT2D eigenvalue weighted by Crippen LogP contribution is -2.44. The van der Waals surface area contributed by atoms with E-state index in [1.54, 1.807) is 4.90 Å². The third-order valence-electron chi connectivity index (χ3n) is 5.56. The van der Waals surface area contributed by atoms with Gasteiger partial charge in [-0.1, -0.05) is 42.5 Å². The number of hydrogen-bond acceptors (Lipinski definition) is 2. The van der Waals surface area contributed by atoms with E-state index < -0.39 is 17.6 Å². The number of likely N-dealkylation sites (tertiary alicyclic amines) is 1. The lowest BCUT2D eigenvalue weighted by Gasteiger charge is -2.32. The number of carbonyl (C=O) groups excluding carboxylic acids is 2. The van der Waals surface area contributed by atoms with Crippen molar-refractivity contribution >= 4 is 28.3 Å². The standard InChI is InChI=1S/C24H22F2N2O2/c25-19-10-11-22(21(26)14-19)27-24(30)18-8-4-12-28(15-18)23(29)13-17-7-3-6-16-5-1-2-9-20(16)17/h1-3,5-7,9-11,14,18H,4,8,12-13,15H2,(H,27,30)/t18-/m0/s1. The molecular formula is C24H22F2N2O2. The molecule has 3 aromatic rings. The monoisotopic (exact) mass is 408 g/mol. The van der Waals surface area contributed by atoms with Crippen molar-refractivity contribution in [1.82, 2.24) is 4.90 Å². The highest BCUT2D eigenvalue weighted by Gasteiger charge is 2.29. The molecule has 1 aliphatic heterocycles. The van der Waals surface area contributed by atoms with Crippen molar-refractivity contribution in [3.63, 3.8) is 0 Å². The fourth-order valence-electron chi connectivity index (χ4n) is 3.96.